The molecule has 1 aromatic heterocycles. The van der Waals surface area contributed by atoms with Crippen LogP contribution >= 0.6 is 0 Å². The number of imidazole rings is 1. The van der Waals surface area contributed by atoms with Crippen LogP contribution in [0, 0.1) is 11.8 Å². The molecule has 0 aromatic carbocycles. The Morgan fingerprint density at radius 3 is 2.68 bits per heavy atom. The van der Waals surface area contributed by atoms with Gasteiger partial charge < -0.3 is 14.8 Å². The van der Waals surface area contributed by atoms with Crippen LogP contribution < -0.4 is 5.32 Å². The number of hydrogen-bond acceptors (Lipinski definition) is 2. The average Bonchev–Trinajstić information content (AvgIpc) is 2.80. The SMILES string of the molecule is CC1CC(C)CN(C(=O)NC(C)Cn2ccnc2)C1. The maximum atomic E-state index is 12.2. The van der Waals surface area contributed by atoms with Crippen molar-refractivity contribution in [1.29, 1.82) is 0 Å². The fraction of sp³-hybridized carbons (Fsp3) is 0.714. The highest BCUT2D eigenvalue weighted by Crippen LogP contribution is 2.20. The molecule has 1 aliphatic heterocycles. The minimum atomic E-state index is 0.0611. The summed E-state index contributed by atoms with van der Waals surface area (Å²) in [6.45, 7) is 8.94. The van der Waals surface area contributed by atoms with Crippen LogP contribution in [0.15, 0.2) is 18.7 Å². The van der Waals surface area contributed by atoms with Crippen LogP contribution in [0.25, 0.3) is 0 Å². The Bertz CT molecular complexity index is 394. The molecule has 19 heavy (non-hydrogen) atoms. The maximum absolute atomic E-state index is 12.2. The number of urea groups is 1. The molecule has 5 heteroatoms. The van der Waals surface area contributed by atoms with Gasteiger partial charge in [0.2, 0.25) is 0 Å². The summed E-state index contributed by atoms with van der Waals surface area (Å²) in [5.41, 5.74) is 0. The van der Waals surface area contributed by atoms with E-state index in [0.717, 1.165) is 19.6 Å². The van der Waals surface area contributed by atoms with Gasteiger partial charge in [-0.3, -0.25) is 0 Å². The highest BCUT2D eigenvalue weighted by atomic mass is 16.2. The predicted molar refractivity (Wildman–Crippen MR) is 74.7 cm³/mol. The van der Waals surface area contributed by atoms with E-state index in [0.29, 0.717) is 11.8 Å². The maximum Gasteiger partial charge on any atom is 0.317 e. The number of nitrogens with zero attached hydrogens (tertiary/aromatic N) is 3. The van der Waals surface area contributed by atoms with Crippen molar-refractivity contribution < 1.29 is 4.79 Å². The van der Waals surface area contributed by atoms with E-state index in [1.54, 1.807) is 12.5 Å². The minimum absolute atomic E-state index is 0.0611. The summed E-state index contributed by atoms with van der Waals surface area (Å²) in [4.78, 5) is 18.2. The summed E-state index contributed by atoms with van der Waals surface area (Å²) >= 11 is 0. The molecule has 1 fully saturated rings. The number of hydrogen-bond donors (Lipinski definition) is 1. The molecular weight excluding hydrogens is 240 g/mol. The summed E-state index contributed by atoms with van der Waals surface area (Å²) in [6.07, 6.45) is 6.65. The molecule has 2 heterocycles. The average molecular weight is 264 g/mol. The monoisotopic (exact) mass is 264 g/mol. The molecule has 0 spiro atoms. The van der Waals surface area contributed by atoms with Crippen molar-refractivity contribution in [3.63, 3.8) is 0 Å². The molecule has 1 saturated heterocycles. The highest BCUT2D eigenvalue weighted by molar-refractivity contribution is 5.74. The molecule has 1 aliphatic rings. The summed E-state index contributed by atoms with van der Waals surface area (Å²) < 4.78 is 1.98. The minimum Gasteiger partial charge on any atom is -0.335 e. The first-order chi connectivity index (χ1) is 9.04. The number of nitrogens with one attached hydrogen (secondary N) is 1. The Labute approximate surface area is 115 Å². The van der Waals surface area contributed by atoms with Crippen LogP contribution in [0.5, 0.6) is 0 Å². The zero-order valence-electron chi connectivity index (χ0n) is 12.0. The lowest BCUT2D eigenvalue weighted by Gasteiger charge is -2.35. The van der Waals surface area contributed by atoms with E-state index in [1.165, 1.54) is 6.42 Å². The standard InChI is InChI=1S/C14H24N4O/c1-11-6-12(2)8-18(7-11)14(19)16-13(3)9-17-5-4-15-10-17/h4-5,10-13H,6-9H2,1-3H3,(H,16,19). The molecule has 2 rings (SSSR count). The predicted octanol–water partition coefficient (Wildman–Crippen LogP) is 1.96. The second-order valence-corrected chi connectivity index (χ2v) is 5.96. The fourth-order valence-corrected chi connectivity index (χ4v) is 2.89. The van der Waals surface area contributed by atoms with E-state index in [2.05, 4.69) is 24.1 Å². The second-order valence-electron chi connectivity index (χ2n) is 5.96. The quantitative estimate of drug-likeness (QED) is 0.907. The normalized spacial score (nSPS) is 25.1. The van der Waals surface area contributed by atoms with Crippen molar-refractivity contribution in [2.75, 3.05) is 13.1 Å². The number of aromatic nitrogens is 2. The number of carbonyl (C=O) groups is 1. The van der Waals surface area contributed by atoms with Gasteiger partial charge in [0, 0.05) is 38.1 Å². The Balaban J connectivity index is 1.82. The third-order valence-electron chi connectivity index (χ3n) is 3.57. The first-order valence-electron chi connectivity index (χ1n) is 7.05. The zero-order valence-corrected chi connectivity index (χ0v) is 12.0. The molecule has 0 radical (unpaired) electrons. The lowest BCUT2D eigenvalue weighted by molar-refractivity contribution is 0.143. The van der Waals surface area contributed by atoms with E-state index in [-0.39, 0.29) is 12.1 Å². The lowest BCUT2D eigenvalue weighted by atomic mass is 9.92. The molecule has 2 amide bonds. The van der Waals surface area contributed by atoms with Gasteiger partial charge in [0.15, 0.2) is 0 Å². The van der Waals surface area contributed by atoms with E-state index in [4.69, 9.17) is 0 Å². The smallest absolute Gasteiger partial charge is 0.317 e. The van der Waals surface area contributed by atoms with E-state index >= 15 is 0 Å². The van der Waals surface area contributed by atoms with E-state index in [1.807, 2.05) is 22.6 Å². The van der Waals surface area contributed by atoms with Crippen LogP contribution in [-0.2, 0) is 6.54 Å². The van der Waals surface area contributed by atoms with Crippen LogP contribution in [0.1, 0.15) is 27.2 Å². The first-order valence-corrected chi connectivity index (χ1v) is 7.05. The summed E-state index contributed by atoms with van der Waals surface area (Å²) in [5.74, 6) is 1.19. The van der Waals surface area contributed by atoms with Gasteiger partial charge in [0.05, 0.1) is 6.33 Å². The van der Waals surface area contributed by atoms with Gasteiger partial charge in [0.25, 0.3) is 0 Å². The Morgan fingerprint density at radius 2 is 2.11 bits per heavy atom. The zero-order chi connectivity index (χ0) is 13.8. The van der Waals surface area contributed by atoms with Gasteiger partial charge in [-0.05, 0) is 25.2 Å². The van der Waals surface area contributed by atoms with E-state index in [9.17, 15) is 4.79 Å². The molecule has 5 nitrogen and oxygen atoms in total. The number of amides is 2. The molecule has 106 valence electrons. The van der Waals surface area contributed by atoms with Crippen molar-refractivity contribution in [2.45, 2.75) is 39.8 Å². The Kier molecular flexibility index (Phi) is 4.45. The Morgan fingerprint density at radius 1 is 1.42 bits per heavy atom. The van der Waals surface area contributed by atoms with E-state index < -0.39 is 0 Å². The van der Waals surface area contributed by atoms with Crippen LogP contribution in [-0.4, -0.2) is 39.6 Å². The molecule has 0 bridgehead atoms. The summed E-state index contributed by atoms with van der Waals surface area (Å²) in [5, 5.41) is 3.07. The number of likely N-dealkylation sites (tertiary alicyclic amines) is 1. The molecule has 0 aliphatic carbocycles. The summed E-state index contributed by atoms with van der Waals surface area (Å²) in [6, 6.07) is 0.167. The molecule has 3 atom stereocenters. The van der Waals surface area contributed by atoms with Crippen LogP contribution in [0.2, 0.25) is 0 Å². The molecule has 1 N–H and O–H groups in total. The van der Waals surface area contributed by atoms with Crippen molar-refractivity contribution in [3.8, 4) is 0 Å². The molecule has 0 saturated carbocycles. The van der Waals surface area contributed by atoms with Crippen LogP contribution in [0.4, 0.5) is 4.79 Å². The van der Waals surface area contributed by atoms with Gasteiger partial charge in [-0.2, -0.15) is 0 Å². The number of piperidine rings is 1. The van der Waals surface area contributed by atoms with Crippen molar-refractivity contribution in [3.05, 3.63) is 18.7 Å². The van der Waals surface area contributed by atoms with Gasteiger partial charge >= 0.3 is 6.03 Å². The highest BCUT2D eigenvalue weighted by Gasteiger charge is 2.25. The van der Waals surface area contributed by atoms with Crippen LogP contribution in [0.3, 0.4) is 0 Å². The van der Waals surface area contributed by atoms with Gasteiger partial charge in [-0.25, -0.2) is 9.78 Å². The summed E-state index contributed by atoms with van der Waals surface area (Å²) in [7, 11) is 0. The lowest BCUT2D eigenvalue weighted by Crippen LogP contribution is -2.50. The Hall–Kier alpha value is -1.52. The largest absolute Gasteiger partial charge is 0.335 e. The first kappa shape index (κ1) is 13.9. The van der Waals surface area contributed by atoms with Crippen molar-refractivity contribution in [1.82, 2.24) is 19.8 Å². The third kappa shape index (κ3) is 3.98. The molecule has 3 unspecified atom stereocenters. The fourth-order valence-electron chi connectivity index (χ4n) is 2.89. The van der Waals surface area contributed by atoms with Crippen molar-refractivity contribution >= 4 is 6.03 Å². The van der Waals surface area contributed by atoms with Crippen molar-refractivity contribution in [2.24, 2.45) is 11.8 Å². The third-order valence-corrected chi connectivity index (χ3v) is 3.57. The molecular formula is C14H24N4O. The van der Waals surface area contributed by atoms with Gasteiger partial charge in [-0.1, -0.05) is 13.8 Å². The van der Waals surface area contributed by atoms with Gasteiger partial charge in [0.1, 0.15) is 0 Å². The number of rotatable bonds is 3. The topological polar surface area (TPSA) is 50.2 Å². The number of carbonyl (C=O) groups excluding carboxylic acids is 1. The molecule has 1 aromatic rings. The van der Waals surface area contributed by atoms with Gasteiger partial charge in [-0.15, -0.1) is 0 Å². The second kappa shape index (κ2) is 6.08.